The first-order valence-corrected chi connectivity index (χ1v) is 11.4. The minimum Gasteiger partial charge on any atom is -0.435 e. The Morgan fingerprint density at radius 2 is 1.42 bits per heavy atom. The van der Waals surface area contributed by atoms with Gasteiger partial charge in [0.05, 0.1) is 0 Å². The van der Waals surface area contributed by atoms with Crippen LogP contribution in [0.15, 0.2) is 78.9 Å². The standard InChI is InChI=1S/C29H27F3O/c1-2-3-4-5-6-20-7-9-21(10-8-20)23-13-17-27-24(19-23)14-18-26(28(27)30)22-11-15-25(16-12-22)33-29(31)32/h7-19,29H,2-6H2,1H3. The number of alkyl halides is 2. The predicted octanol–water partition coefficient (Wildman–Crippen LogP) is 9.04. The molecule has 33 heavy (non-hydrogen) atoms. The molecule has 0 saturated carbocycles. The molecule has 170 valence electrons. The number of fused-ring (bicyclic) bond motifs is 1. The predicted molar refractivity (Wildman–Crippen MR) is 129 cm³/mol. The third-order valence-corrected chi connectivity index (χ3v) is 5.95. The Morgan fingerprint density at radius 1 is 0.727 bits per heavy atom. The fourth-order valence-corrected chi connectivity index (χ4v) is 4.13. The molecule has 0 aliphatic rings. The van der Waals surface area contributed by atoms with Crippen LogP contribution >= 0.6 is 0 Å². The van der Waals surface area contributed by atoms with Crippen molar-refractivity contribution in [3.8, 4) is 28.0 Å². The van der Waals surface area contributed by atoms with Crippen LogP contribution in [0.1, 0.15) is 38.2 Å². The second-order valence-electron chi connectivity index (χ2n) is 8.27. The van der Waals surface area contributed by atoms with Gasteiger partial charge in [0.25, 0.3) is 0 Å². The third-order valence-electron chi connectivity index (χ3n) is 5.95. The third kappa shape index (κ3) is 5.57. The Morgan fingerprint density at radius 3 is 2.12 bits per heavy atom. The van der Waals surface area contributed by atoms with Gasteiger partial charge in [-0.15, -0.1) is 0 Å². The van der Waals surface area contributed by atoms with E-state index >= 15 is 4.39 Å². The molecule has 0 heterocycles. The van der Waals surface area contributed by atoms with Crippen LogP contribution in [0.4, 0.5) is 13.2 Å². The van der Waals surface area contributed by atoms with Crippen molar-refractivity contribution in [2.75, 3.05) is 0 Å². The molecule has 4 aromatic carbocycles. The maximum absolute atomic E-state index is 15.3. The van der Waals surface area contributed by atoms with E-state index in [0.717, 1.165) is 22.9 Å². The smallest absolute Gasteiger partial charge is 0.387 e. The van der Waals surface area contributed by atoms with Crippen LogP contribution in [0, 0.1) is 5.82 Å². The van der Waals surface area contributed by atoms with Gasteiger partial charge < -0.3 is 4.74 Å². The number of benzene rings is 4. The summed E-state index contributed by atoms with van der Waals surface area (Å²) in [4.78, 5) is 0. The summed E-state index contributed by atoms with van der Waals surface area (Å²) in [7, 11) is 0. The van der Waals surface area contributed by atoms with Crippen LogP contribution in [0.3, 0.4) is 0 Å². The van der Waals surface area contributed by atoms with E-state index in [2.05, 4.69) is 35.9 Å². The van der Waals surface area contributed by atoms with Crippen molar-refractivity contribution in [1.29, 1.82) is 0 Å². The Bertz CT molecular complexity index is 1200. The Hall–Kier alpha value is -3.27. The molecule has 0 aromatic heterocycles. The van der Waals surface area contributed by atoms with Gasteiger partial charge in [0.2, 0.25) is 0 Å². The van der Waals surface area contributed by atoms with Crippen molar-refractivity contribution < 1.29 is 17.9 Å². The molecule has 0 fully saturated rings. The molecule has 0 saturated heterocycles. The molecule has 0 radical (unpaired) electrons. The molecule has 0 aliphatic carbocycles. The van der Waals surface area contributed by atoms with Gasteiger partial charge in [0.1, 0.15) is 11.6 Å². The van der Waals surface area contributed by atoms with Gasteiger partial charge in [0.15, 0.2) is 0 Å². The molecule has 0 bridgehead atoms. The highest BCUT2D eigenvalue weighted by Crippen LogP contribution is 2.32. The number of aryl methyl sites for hydroxylation is 1. The van der Waals surface area contributed by atoms with Gasteiger partial charge in [-0.25, -0.2) is 4.39 Å². The Kier molecular flexibility index (Phi) is 7.33. The zero-order chi connectivity index (χ0) is 23.2. The quantitative estimate of drug-likeness (QED) is 0.232. The number of rotatable bonds is 9. The second-order valence-corrected chi connectivity index (χ2v) is 8.27. The summed E-state index contributed by atoms with van der Waals surface area (Å²) in [5.41, 5.74) is 4.52. The SMILES string of the molecule is CCCCCCc1ccc(-c2ccc3c(F)c(-c4ccc(OC(F)F)cc4)ccc3c2)cc1. The molecule has 0 aliphatic heterocycles. The molecule has 1 nitrogen and oxygen atoms in total. The second kappa shape index (κ2) is 10.6. The molecule has 0 unspecified atom stereocenters. The largest absolute Gasteiger partial charge is 0.435 e. The summed E-state index contributed by atoms with van der Waals surface area (Å²) >= 11 is 0. The minimum atomic E-state index is -2.88. The summed E-state index contributed by atoms with van der Waals surface area (Å²) in [5, 5.41) is 1.34. The van der Waals surface area contributed by atoms with E-state index in [1.54, 1.807) is 24.3 Å². The first-order chi connectivity index (χ1) is 16.0. The van der Waals surface area contributed by atoms with Crippen LogP contribution in [0.5, 0.6) is 5.75 Å². The summed E-state index contributed by atoms with van der Waals surface area (Å²) in [6.45, 7) is -0.666. The lowest BCUT2D eigenvalue weighted by Gasteiger charge is -2.10. The molecule has 0 amide bonds. The molecule has 4 rings (SSSR count). The van der Waals surface area contributed by atoms with Gasteiger partial charge in [0, 0.05) is 10.9 Å². The molecule has 0 N–H and O–H groups in total. The van der Waals surface area contributed by atoms with E-state index in [0.29, 0.717) is 16.5 Å². The Labute approximate surface area is 192 Å². The van der Waals surface area contributed by atoms with E-state index in [-0.39, 0.29) is 11.6 Å². The van der Waals surface area contributed by atoms with E-state index in [1.165, 1.54) is 43.4 Å². The van der Waals surface area contributed by atoms with E-state index in [9.17, 15) is 8.78 Å². The van der Waals surface area contributed by atoms with Gasteiger partial charge in [-0.05, 0) is 58.7 Å². The normalized spacial score (nSPS) is 11.3. The van der Waals surface area contributed by atoms with Crippen molar-refractivity contribution in [2.24, 2.45) is 0 Å². The van der Waals surface area contributed by atoms with Gasteiger partial charge in [-0.3, -0.25) is 0 Å². The lowest BCUT2D eigenvalue weighted by Crippen LogP contribution is -2.01. The lowest BCUT2D eigenvalue weighted by atomic mass is 9.96. The van der Waals surface area contributed by atoms with Gasteiger partial charge >= 0.3 is 6.61 Å². The minimum absolute atomic E-state index is 0.0477. The molecular weight excluding hydrogens is 421 g/mol. The highest BCUT2D eigenvalue weighted by Gasteiger charge is 2.12. The van der Waals surface area contributed by atoms with E-state index in [1.807, 2.05) is 18.2 Å². The lowest BCUT2D eigenvalue weighted by molar-refractivity contribution is -0.0498. The summed E-state index contributed by atoms with van der Waals surface area (Å²) in [6, 6.07) is 24.0. The number of ether oxygens (including phenoxy) is 1. The molecule has 4 heteroatoms. The van der Waals surface area contributed by atoms with Crippen LogP contribution in [-0.4, -0.2) is 6.61 Å². The van der Waals surface area contributed by atoms with Crippen LogP contribution in [0.25, 0.3) is 33.0 Å². The summed E-state index contributed by atoms with van der Waals surface area (Å²) in [5.74, 6) is -0.282. The van der Waals surface area contributed by atoms with Crippen molar-refractivity contribution in [1.82, 2.24) is 0 Å². The average molecular weight is 449 g/mol. The number of halogens is 3. The van der Waals surface area contributed by atoms with Crippen LogP contribution in [0.2, 0.25) is 0 Å². The average Bonchev–Trinajstić information content (AvgIpc) is 2.83. The zero-order valence-corrected chi connectivity index (χ0v) is 18.7. The number of hydrogen-bond donors (Lipinski definition) is 0. The fraction of sp³-hybridized carbons (Fsp3) is 0.241. The Balaban J connectivity index is 1.54. The van der Waals surface area contributed by atoms with Crippen molar-refractivity contribution in [3.63, 3.8) is 0 Å². The monoisotopic (exact) mass is 448 g/mol. The molecule has 0 spiro atoms. The van der Waals surface area contributed by atoms with Crippen molar-refractivity contribution in [3.05, 3.63) is 90.2 Å². The molecular formula is C29H27F3O. The highest BCUT2D eigenvalue weighted by molar-refractivity contribution is 5.91. The van der Waals surface area contributed by atoms with E-state index < -0.39 is 6.61 Å². The molecule has 0 atom stereocenters. The number of hydrogen-bond acceptors (Lipinski definition) is 1. The summed E-state index contributed by atoms with van der Waals surface area (Å²) < 4.78 is 44.3. The topological polar surface area (TPSA) is 9.23 Å². The summed E-state index contributed by atoms with van der Waals surface area (Å²) in [6.07, 6.45) is 6.11. The molecule has 4 aromatic rings. The van der Waals surface area contributed by atoms with Crippen LogP contribution < -0.4 is 4.74 Å². The van der Waals surface area contributed by atoms with E-state index in [4.69, 9.17) is 0 Å². The van der Waals surface area contributed by atoms with Gasteiger partial charge in [-0.2, -0.15) is 8.78 Å². The maximum atomic E-state index is 15.3. The van der Waals surface area contributed by atoms with Gasteiger partial charge in [-0.1, -0.05) is 86.8 Å². The van der Waals surface area contributed by atoms with Crippen molar-refractivity contribution >= 4 is 10.8 Å². The number of unbranched alkanes of at least 4 members (excludes halogenated alkanes) is 3. The zero-order valence-electron chi connectivity index (χ0n) is 18.7. The highest BCUT2D eigenvalue weighted by atomic mass is 19.3. The first kappa shape index (κ1) is 22.9. The maximum Gasteiger partial charge on any atom is 0.387 e. The fourth-order valence-electron chi connectivity index (χ4n) is 4.13. The van der Waals surface area contributed by atoms with Crippen LogP contribution in [-0.2, 0) is 6.42 Å². The first-order valence-electron chi connectivity index (χ1n) is 11.4. The van der Waals surface area contributed by atoms with Crippen molar-refractivity contribution in [2.45, 2.75) is 45.6 Å².